The van der Waals surface area contributed by atoms with Gasteiger partial charge in [-0.25, -0.2) is 4.79 Å². The number of aliphatic hydroxyl groups excluding tert-OH is 1. The number of rotatable bonds is 4. The summed E-state index contributed by atoms with van der Waals surface area (Å²) in [7, 11) is 2.10. The molecule has 1 spiro atoms. The van der Waals surface area contributed by atoms with Gasteiger partial charge >= 0.3 is 5.97 Å². The van der Waals surface area contributed by atoms with Gasteiger partial charge in [0.1, 0.15) is 17.3 Å². The molecule has 7 rings (SSSR count). The number of esters is 1. The first-order valence-corrected chi connectivity index (χ1v) is 15.2. The highest BCUT2D eigenvalue weighted by molar-refractivity contribution is 5.94. The fraction of sp³-hybridized carbons (Fsp3) is 0.727. The first kappa shape index (κ1) is 28.4. The van der Waals surface area contributed by atoms with Crippen molar-refractivity contribution in [1.82, 2.24) is 4.90 Å². The molecule has 3 heterocycles. The zero-order valence-corrected chi connectivity index (χ0v) is 25.3. The average molecular weight is 554 g/mol. The van der Waals surface area contributed by atoms with Gasteiger partial charge < -0.3 is 29.3 Å². The van der Waals surface area contributed by atoms with Crippen molar-refractivity contribution in [3.8, 4) is 0 Å². The largest absolute Gasteiger partial charge is 0.455 e. The monoisotopic (exact) mass is 553 g/mol. The summed E-state index contributed by atoms with van der Waals surface area (Å²) < 4.78 is 20.0. The molecule has 8 atom stereocenters. The molecule has 0 aromatic heterocycles. The van der Waals surface area contributed by atoms with E-state index in [1.54, 1.807) is 0 Å². The van der Waals surface area contributed by atoms with Crippen molar-refractivity contribution in [1.29, 1.82) is 0 Å². The number of aliphatic hydroxyl groups is 2. The van der Waals surface area contributed by atoms with Crippen molar-refractivity contribution in [2.24, 2.45) is 16.7 Å². The van der Waals surface area contributed by atoms with E-state index in [2.05, 4.69) is 31.0 Å². The Labute approximate surface area is 238 Å². The van der Waals surface area contributed by atoms with Crippen LogP contribution in [0.25, 0.3) is 0 Å². The fourth-order valence-electron chi connectivity index (χ4n) is 9.80. The highest BCUT2D eigenvalue weighted by Crippen LogP contribution is 2.74. The van der Waals surface area contributed by atoms with Crippen LogP contribution in [0.3, 0.4) is 0 Å². The zero-order chi connectivity index (χ0) is 28.9. The van der Waals surface area contributed by atoms with Crippen LogP contribution in [0.2, 0.25) is 0 Å². The Morgan fingerprint density at radius 2 is 1.98 bits per heavy atom. The molecular weight excluding hydrogens is 506 g/mol. The van der Waals surface area contributed by atoms with Gasteiger partial charge in [-0.05, 0) is 90.0 Å². The van der Waals surface area contributed by atoms with E-state index in [4.69, 9.17) is 14.2 Å². The normalized spacial score (nSPS) is 44.9. The van der Waals surface area contributed by atoms with Gasteiger partial charge in [-0.3, -0.25) is 0 Å². The van der Waals surface area contributed by atoms with Crippen LogP contribution in [-0.2, 0) is 19.0 Å². The Bertz CT molecular complexity index is 1250. The van der Waals surface area contributed by atoms with E-state index in [1.807, 2.05) is 40.7 Å². The van der Waals surface area contributed by atoms with Gasteiger partial charge in [-0.15, -0.1) is 0 Å². The van der Waals surface area contributed by atoms with Crippen LogP contribution >= 0.6 is 0 Å². The van der Waals surface area contributed by atoms with Crippen LogP contribution in [0, 0.1) is 16.7 Å². The van der Waals surface area contributed by atoms with Gasteiger partial charge in [-0.2, -0.15) is 0 Å². The molecular formula is C33H47NO6. The standard InChI is InChI=1S/C33H47NO6/c1-8-21(4)27(20(2)3)28(36)39-22(5)24-11-12-32-25-10-9-23-17-31(37)14-13-29(23,6)33(25,40-31)26(35)18-30(24,32)19-34(7)15-16-38-32/h8,10-11,22-23,26,35,37H,9,12-19H2,1-7H3/b21-8-/t22?,23-,26-,29+,30+,31+,32+,33+/m1/s1. The highest BCUT2D eigenvalue weighted by Gasteiger charge is 2.79. The van der Waals surface area contributed by atoms with Crippen molar-refractivity contribution in [2.45, 2.75) is 109 Å². The van der Waals surface area contributed by atoms with Crippen LogP contribution < -0.4 is 0 Å². The SMILES string of the molecule is C/C=C(/C)C(C(=O)OC(C)C1=CC[C@@]23OCCN(C)C[C@@]12C[C@@H](O)[C@]12O[C@@]4(O)CC[C@@]1(C)[C@H](CC=C32)C4)=C(C)C. The van der Waals surface area contributed by atoms with Crippen molar-refractivity contribution >= 4 is 5.97 Å². The Kier molecular flexibility index (Phi) is 6.46. The minimum Gasteiger partial charge on any atom is -0.455 e. The molecule has 4 bridgehead atoms. The van der Waals surface area contributed by atoms with E-state index < -0.39 is 34.6 Å². The smallest absolute Gasteiger partial charge is 0.338 e. The summed E-state index contributed by atoms with van der Waals surface area (Å²) in [5.74, 6) is -1.29. The summed E-state index contributed by atoms with van der Waals surface area (Å²) in [5.41, 5.74) is 1.85. The summed E-state index contributed by atoms with van der Waals surface area (Å²) in [4.78, 5) is 15.8. The van der Waals surface area contributed by atoms with Gasteiger partial charge in [0.05, 0.1) is 18.3 Å². The summed E-state index contributed by atoms with van der Waals surface area (Å²) in [6, 6.07) is 0. The van der Waals surface area contributed by atoms with E-state index in [0.717, 1.165) is 41.7 Å². The quantitative estimate of drug-likeness (QED) is 0.228. The molecule has 0 aromatic carbocycles. The van der Waals surface area contributed by atoms with Crippen molar-refractivity contribution < 1.29 is 29.2 Å². The summed E-state index contributed by atoms with van der Waals surface area (Å²) in [6.45, 7) is 14.0. The van der Waals surface area contributed by atoms with E-state index >= 15 is 0 Å². The molecule has 2 N–H and O–H groups in total. The second kappa shape index (κ2) is 9.11. The number of ether oxygens (including phenoxy) is 3. The first-order valence-electron chi connectivity index (χ1n) is 15.2. The van der Waals surface area contributed by atoms with E-state index in [-0.39, 0.29) is 17.3 Å². The minimum absolute atomic E-state index is 0.252. The Hall–Kier alpha value is -1.77. The maximum atomic E-state index is 13.5. The Balaban J connectivity index is 1.44. The molecule has 5 fully saturated rings. The fourth-order valence-corrected chi connectivity index (χ4v) is 9.80. The summed E-state index contributed by atoms with van der Waals surface area (Å²) in [5, 5.41) is 23.8. The van der Waals surface area contributed by atoms with E-state index in [9.17, 15) is 15.0 Å². The van der Waals surface area contributed by atoms with Gasteiger partial charge in [0.25, 0.3) is 0 Å². The molecule has 1 unspecified atom stereocenters. The molecule has 40 heavy (non-hydrogen) atoms. The van der Waals surface area contributed by atoms with Crippen molar-refractivity contribution in [3.63, 3.8) is 0 Å². The van der Waals surface area contributed by atoms with Crippen LogP contribution in [-0.4, -0.2) is 77.0 Å². The average Bonchev–Trinajstić information content (AvgIpc) is 3.09. The lowest BCUT2D eigenvalue weighted by Crippen LogP contribution is -2.79. The number of hydrogen-bond donors (Lipinski definition) is 2. The molecule has 0 aromatic rings. The predicted octanol–water partition coefficient (Wildman–Crippen LogP) is 4.60. The van der Waals surface area contributed by atoms with E-state index in [1.165, 1.54) is 0 Å². The lowest BCUT2D eigenvalue weighted by molar-refractivity contribution is -0.401. The van der Waals surface area contributed by atoms with Gasteiger partial charge in [-0.1, -0.05) is 30.7 Å². The zero-order valence-electron chi connectivity index (χ0n) is 25.3. The molecule has 7 heteroatoms. The van der Waals surface area contributed by atoms with Crippen LogP contribution in [0.4, 0.5) is 0 Å². The number of likely N-dealkylation sites (N-methyl/N-ethyl adjacent to an activating group) is 1. The number of carbonyl (C=O) groups is 1. The molecule has 0 radical (unpaired) electrons. The van der Waals surface area contributed by atoms with E-state index in [0.29, 0.717) is 44.4 Å². The summed E-state index contributed by atoms with van der Waals surface area (Å²) in [6.07, 6.45) is 9.02. The second-order valence-electron chi connectivity index (χ2n) is 13.9. The third-order valence-electron chi connectivity index (χ3n) is 11.7. The van der Waals surface area contributed by atoms with Crippen LogP contribution in [0.15, 0.2) is 46.1 Å². The number of nitrogens with zero attached hydrogens (tertiary/aromatic N) is 1. The topological polar surface area (TPSA) is 88.5 Å². The van der Waals surface area contributed by atoms with Crippen LogP contribution in [0.1, 0.15) is 80.1 Å². The molecule has 2 saturated carbocycles. The molecule has 3 aliphatic heterocycles. The Morgan fingerprint density at radius 3 is 2.67 bits per heavy atom. The molecule has 7 nitrogen and oxygen atoms in total. The third kappa shape index (κ3) is 3.45. The van der Waals surface area contributed by atoms with Gasteiger partial charge in [0.15, 0.2) is 5.79 Å². The molecule has 4 aliphatic carbocycles. The number of carbonyl (C=O) groups excluding carboxylic acids is 1. The number of fused-ring (bicyclic) bond motifs is 1. The number of allylic oxidation sites excluding steroid dienone is 3. The molecule has 7 aliphatic rings. The molecule has 0 amide bonds. The maximum absolute atomic E-state index is 13.5. The third-order valence-corrected chi connectivity index (χ3v) is 11.7. The van der Waals surface area contributed by atoms with Crippen molar-refractivity contribution in [3.05, 3.63) is 46.1 Å². The van der Waals surface area contributed by atoms with Gasteiger partial charge in [0, 0.05) is 36.8 Å². The maximum Gasteiger partial charge on any atom is 0.338 e. The van der Waals surface area contributed by atoms with Crippen LogP contribution in [0.5, 0.6) is 0 Å². The predicted molar refractivity (Wildman–Crippen MR) is 152 cm³/mol. The lowest BCUT2D eigenvalue weighted by Gasteiger charge is -2.73. The second-order valence-corrected chi connectivity index (χ2v) is 13.9. The highest BCUT2D eigenvalue weighted by atomic mass is 16.7. The van der Waals surface area contributed by atoms with Gasteiger partial charge in [0.2, 0.25) is 0 Å². The molecule has 220 valence electrons. The minimum atomic E-state index is -1.22. The molecule has 3 saturated heterocycles. The first-order chi connectivity index (χ1) is 18.8. The van der Waals surface area contributed by atoms with Crippen molar-refractivity contribution in [2.75, 3.05) is 26.7 Å². The number of hydrogen-bond acceptors (Lipinski definition) is 7. The Morgan fingerprint density at radius 1 is 1.23 bits per heavy atom. The summed E-state index contributed by atoms with van der Waals surface area (Å²) >= 11 is 0. The lowest BCUT2D eigenvalue weighted by atomic mass is 9.41.